The van der Waals surface area contributed by atoms with Crippen molar-refractivity contribution in [3.8, 4) is 0 Å². The fraction of sp³-hybridized carbons (Fsp3) is 0.562. The molecule has 112 valence electrons. The van der Waals surface area contributed by atoms with Gasteiger partial charge in [0, 0.05) is 19.2 Å². The summed E-state index contributed by atoms with van der Waals surface area (Å²) in [5.41, 5.74) is 0.778. The molecular weight excluding hydrogens is 266 g/mol. The highest BCUT2D eigenvalue weighted by Gasteiger charge is 2.36. The van der Waals surface area contributed by atoms with Crippen molar-refractivity contribution in [3.63, 3.8) is 0 Å². The molecule has 1 aliphatic carbocycles. The van der Waals surface area contributed by atoms with Crippen LogP contribution in [0.3, 0.4) is 0 Å². The van der Waals surface area contributed by atoms with Gasteiger partial charge < -0.3 is 10.2 Å². The van der Waals surface area contributed by atoms with E-state index in [1.54, 1.807) is 17.3 Å². The molecule has 1 atom stereocenters. The summed E-state index contributed by atoms with van der Waals surface area (Å²) in [4.78, 5) is 30.6. The van der Waals surface area contributed by atoms with E-state index in [1.807, 2.05) is 12.1 Å². The van der Waals surface area contributed by atoms with E-state index < -0.39 is 0 Å². The first-order valence-electron chi connectivity index (χ1n) is 7.76. The van der Waals surface area contributed by atoms with Crippen molar-refractivity contribution in [3.05, 3.63) is 24.5 Å². The Morgan fingerprint density at radius 2 is 2.00 bits per heavy atom. The smallest absolute Gasteiger partial charge is 0.249 e. The zero-order valence-corrected chi connectivity index (χ0v) is 12.1. The monoisotopic (exact) mass is 287 g/mol. The summed E-state index contributed by atoms with van der Waals surface area (Å²) in [6, 6.07) is 3.32. The minimum absolute atomic E-state index is 0.0146. The summed E-state index contributed by atoms with van der Waals surface area (Å²) >= 11 is 0. The lowest BCUT2D eigenvalue weighted by Gasteiger charge is -2.31. The van der Waals surface area contributed by atoms with Gasteiger partial charge in [0.05, 0.1) is 11.9 Å². The standard InChI is InChI=1S/C16H21N3O2/c20-14-8-10-19(13-7-4-9-17-11-13)16(21)15(18-14)12-5-2-1-3-6-12/h4,7,9,11-12,15H,1-3,5-6,8,10H2,(H,18,20). The van der Waals surface area contributed by atoms with Crippen molar-refractivity contribution in [2.24, 2.45) is 5.92 Å². The van der Waals surface area contributed by atoms with Crippen molar-refractivity contribution in [2.45, 2.75) is 44.6 Å². The molecule has 1 saturated heterocycles. The zero-order chi connectivity index (χ0) is 14.7. The van der Waals surface area contributed by atoms with Crippen molar-refractivity contribution in [1.29, 1.82) is 0 Å². The quantitative estimate of drug-likeness (QED) is 0.903. The summed E-state index contributed by atoms with van der Waals surface area (Å²) in [7, 11) is 0. The number of carbonyl (C=O) groups is 2. The van der Waals surface area contributed by atoms with Crippen LogP contribution in [0.15, 0.2) is 24.5 Å². The molecule has 2 aliphatic rings. The van der Waals surface area contributed by atoms with Crippen LogP contribution in [0.25, 0.3) is 0 Å². The van der Waals surface area contributed by atoms with E-state index in [1.165, 1.54) is 6.42 Å². The Hall–Kier alpha value is -1.91. The summed E-state index contributed by atoms with van der Waals surface area (Å²) in [6.45, 7) is 0.430. The van der Waals surface area contributed by atoms with Gasteiger partial charge in [-0.3, -0.25) is 14.6 Å². The molecular formula is C16H21N3O2. The topological polar surface area (TPSA) is 62.3 Å². The van der Waals surface area contributed by atoms with Crippen LogP contribution < -0.4 is 10.2 Å². The first kappa shape index (κ1) is 14.0. The number of aromatic nitrogens is 1. The number of carbonyl (C=O) groups excluding carboxylic acids is 2. The molecule has 1 saturated carbocycles. The molecule has 1 unspecified atom stereocenters. The van der Waals surface area contributed by atoms with Gasteiger partial charge in [-0.2, -0.15) is 0 Å². The van der Waals surface area contributed by atoms with E-state index in [4.69, 9.17) is 0 Å². The normalized spacial score (nSPS) is 24.6. The highest BCUT2D eigenvalue weighted by Crippen LogP contribution is 2.29. The van der Waals surface area contributed by atoms with E-state index >= 15 is 0 Å². The van der Waals surface area contributed by atoms with E-state index in [9.17, 15) is 9.59 Å². The fourth-order valence-electron chi connectivity index (χ4n) is 3.36. The molecule has 0 aromatic carbocycles. The lowest BCUT2D eigenvalue weighted by atomic mass is 9.83. The third-order valence-corrected chi connectivity index (χ3v) is 4.49. The molecule has 5 nitrogen and oxygen atoms in total. The molecule has 0 radical (unpaired) electrons. The Bertz CT molecular complexity index is 512. The molecule has 1 N–H and O–H groups in total. The van der Waals surface area contributed by atoms with E-state index in [-0.39, 0.29) is 23.8 Å². The molecule has 1 aromatic rings. The van der Waals surface area contributed by atoms with Gasteiger partial charge in [-0.25, -0.2) is 0 Å². The highest BCUT2D eigenvalue weighted by molar-refractivity contribution is 6.01. The number of nitrogens with zero attached hydrogens (tertiary/aromatic N) is 2. The summed E-state index contributed by atoms with van der Waals surface area (Å²) in [5.74, 6) is 0.263. The van der Waals surface area contributed by atoms with Crippen molar-refractivity contribution in [1.82, 2.24) is 10.3 Å². The molecule has 5 heteroatoms. The lowest BCUT2D eigenvalue weighted by molar-refractivity contribution is -0.127. The van der Waals surface area contributed by atoms with Crippen LogP contribution in [0, 0.1) is 5.92 Å². The predicted octanol–water partition coefficient (Wildman–Crippen LogP) is 1.88. The van der Waals surface area contributed by atoms with E-state index in [0.717, 1.165) is 31.4 Å². The van der Waals surface area contributed by atoms with E-state index in [0.29, 0.717) is 13.0 Å². The Labute approximate surface area is 124 Å². The lowest BCUT2D eigenvalue weighted by Crippen LogP contribution is -2.49. The number of rotatable bonds is 2. The van der Waals surface area contributed by atoms with Crippen LogP contribution in [-0.2, 0) is 9.59 Å². The molecule has 2 heterocycles. The first-order valence-corrected chi connectivity index (χ1v) is 7.76. The van der Waals surface area contributed by atoms with Gasteiger partial charge in [0.15, 0.2) is 0 Å². The average Bonchev–Trinajstić information content (AvgIpc) is 2.68. The van der Waals surface area contributed by atoms with Crippen molar-refractivity contribution >= 4 is 17.5 Å². The number of hydrogen-bond acceptors (Lipinski definition) is 3. The Morgan fingerprint density at radius 1 is 1.19 bits per heavy atom. The average molecular weight is 287 g/mol. The highest BCUT2D eigenvalue weighted by atomic mass is 16.2. The molecule has 2 amide bonds. The van der Waals surface area contributed by atoms with Gasteiger partial charge >= 0.3 is 0 Å². The Kier molecular flexibility index (Phi) is 4.18. The molecule has 3 rings (SSSR count). The van der Waals surface area contributed by atoms with Gasteiger partial charge in [-0.15, -0.1) is 0 Å². The maximum atomic E-state index is 12.9. The van der Waals surface area contributed by atoms with Crippen molar-refractivity contribution in [2.75, 3.05) is 11.4 Å². The number of nitrogens with one attached hydrogen (secondary N) is 1. The summed E-state index contributed by atoms with van der Waals surface area (Å²) in [6.07, 6.45) is 9.31. The van der Waals surface area contributed by atoms with Gasteiger partial charge in [-0.05, 0) is 30.9 Å². The minimum Gasteiger partial charge on any atom is -0.344 e. The maximum Gasteiger partial charge on any atom is 0.249 e. The van der Waals surface area contributed by atoms with Crippen LogP contribution >= 0.6 is 0 Å². The van der Waals surface area contributed by atoms with Gasteiger partial charge in [0.1, 0.15) is 6.04 Å². The summed E-state index contributed by atoms with van der Waals surface area (Å²) < 4.78 is 0. The Balaban J connectivity index is 1.85. The second-order valence-electron chi connectivity index (χ2n) is 5.89. The van der Waals surface area contributed by atoms with Crippen molar-refractivity contribution < 1.29 is 9.59 Å². The number of pyridine rings is 1. The fourth-order valence-corrected chi connectivity index (χ4v) is 3.36. The van der Waals surface area contributed by atoms with Crippen LogP contribution in [-0.4, -0.2) is 29.4 Å². The van der Waals surface area contributed by atoms with Crippen LogP contribution in [0.2, 0.25) is 0 Å². The zero-order valence-electron chi connectivity index (χ0n) is 12.1. The van der Waals surface area contributed by atoms with Crippen LogP contribution in [0.1, 0.15) is 38.5 Å². The second kappa shape index (κ2) is 6.24. The number of hydrogen-bond donors (Lipinski definition) is 1. The van der Waals surface area contributed by atoms with E-state index in [2.05, 4.69) is 10.3 Å². The SMILES string of the molecule is O=C1CCN(c2cccnc2)C(=O)C(C2CCCCC2)N1. The van der Waals surface area contributed by atoms with Gasteiger partial charge in [0.25, 0.3) is 0 Å². The third-order valence-electron chi connectivity index (χ3n) is 4.49. The number of anilines is 1. The molecule has 0 spiro atoms. The van der Waals surface area contributed by atoms with Gasteiger partial charge in [-0.1, -0.05) is 19.3 Å². The largest absolute Gasteiger partial charge is 0.344 e. The molecule has 1 aliphatic heterocycles. The molecule has 1 aromatic heterocycles. The third kappa shape index (κ3) is 3.06. The molecule has 0 bridgehead atoms. The second-order valence-corrected chi connectivity index (χ2v) is 5.89. The molecule has 2 fully saturated rings. The minimum atomic E-state index is -0.375. The van der Waals surface area contributed by atoms with Crippen LogP contribution in [0.5, 0.6) is 0 Å². The van der Waals surface area contributed by atoms with Crippen LogP contribution in [0.4, 0.5) is 5.69 Å². The molecule has 21 heavy (non-hydrogen) atoms. The number of amides is 2. The predicted molar refractivity (Wildman–Crippen MR) is 79.7 cm³/mol. The first-order chi connectivity index (χ1) is 10.3. The maximum absolute atomic E-state index is 12.9. The Morgan fingerprint density at radius 3 is 2.71 bits per heavy atom. The summed E-state index contributed by atoms with van der Waals surface area (Å²) in [5, 5.41) is 2.95. The van der Waals surface area contributed by atoms with Gasteiger partial charge in [0.2, 0.25) is 11.8 Å².